The van der Waals surface area contributed by atoms with E-state index in [-0.39, 0.29) is 6.04 Å². The Morgan fingerprint density at radius 1 is 1.11 bits per heavy atom. The molecule has 0 aliphatic rings. The maximum Gasteiger partial charge on any atom is 0.0636 e. The van der Waals surface area contributed by atoms with Crippen LogP contribution in [0.3, 0.4) is 0 Å². The van der Waals surface area contributed by atoms with Crippen molar-refractivity contribution in [2.75, 3.05) is 11.9 Å². The first-order valence-electron chi connectivity index (χ1n) is 6.39. The van der Waals surface area contributed by atoms with Gasteiger partial charge in [0.05, 0.1) is 6.04 Å². The van der Waals surface area contributed by atoms with Crippen molar-refractivity contribution in [1.82, 2.24) is 0 Å². The summed E-state index contributed by atoms with van der Waals surface area (Å²) in [6.07, 6.45) is 0. The summed E-state index contributed by atoms with van der Waals surface area (Å²) in [5.41, 5.74) is 10.6. The Kier molecular flexibility index (Phi) is 4.46. The van der Waals surface area contributed by atoms with Gasteiger partial charge in [-0.25, -0.2) is 0 Å². The van der Waals surface area contributed by atoms with E-state index in [0.717, 1.165) is 16.3 Å². The second-order valence-electron chi connectivity index (χ2n) is 4.80. The first kappa shape index (κ1) is 13.9. The summed E-state index contributed by atoms with van der Waals surface area (Å²) in [7, 11) is 0. The van der Waals surface area contributed by atoms with E-state index >= 15 is 0 Å². The molecule has 0 heterocycles. The SMILES string of the molecule is Cc1ccc(C)c(NC(CN)c2ccc(Cl)cc2)c1. The van der Waals surface area contributed by atoms with Gasteiger partial charge in [-0.15, -0.1) is 0 Å². The zero-order chi connectivity index (χ0) is 13.8. The molecule has 0 saturated heterocycles. The highest BCUT2D eigenvalue weighted by molar-refractivity contribution is 6.30. The average Bonchev–Trinajstić information content (AvgIpc) is 2.41. The highest BCUT2D eigenvalue weighted by atomic mass is 35.5. The predicted octanol–water partition coefficient (Wildman–Crippen LogP) is 4.07. The van der Waals surface area contributed by atoms with E-state index in [1.165, 1.54) is 11.1 Å². The van der Waals surface area contributed by atoms with Crippen LogP contribution >= 0.6 is 11.6 Å². The number of benzene rings is 2. The molecule has 0 amide bonds. The smallest absolute Gasteiger partial charge is 0.0636 e. The van der Waals surface area contributed by atoms with Crippen molar-refractivity contribution in [3.8, 4) is 0 Å². The van der Waals surface area contributed by atoms with Gasteiger partial charge >= 0.3 is 0 Å². The van der Waals surface area contributed by atoms with Crippen LogP contribution in [0.4, 0.5) is 5.69 Å². The van der Waals surface area contributed by atoms with Crippen molar-refractivity contribution in [1.29, 1.82) is 0 Å². The first-order chi connectivity index (χ1) is 9.10. The van der Waals surface area contributed by atoms with Crippen LogP contribution in [-0.2, 0) is 0 Å². The monoisotopic (exact) mass is 274 g/mol. The third-order valence-electron chi connectivity index (χ3n) is 3.23. The van der Waals surface area contributed by atoms with Crippen LogP contribution in [-0.4, -0.2) is 6.54 Å². The molecular formula is C16H19ClN2. The molecule has 1 atom stereocenters. The number of anilines is 1. The minimum absolute atomic E-state index is 0.0952. The highest BCUT2D eigenvalue weighted by Gasteiger charge is 2.10. The molecule has 3 N–H and O–H groups in total. The van der Waals surface area contributed by atoms with Crippen LogP contribution in [0, 0.1) is 13.8 Å². The maximum absolute atomic E-state index is 5.91. The number of rotatable bonds is 4. The molecule has 0 fully saturated rings. The van der Waals surface area contributed by atoms with E-state index in [9.17, 15) is 0 Å². The lowest BCUT2D eigenvalue weighted by molar-refractivity contribution is 0.789. The van der Waals surface area contributed by atoms with Gasteiger partial charge in [-0.1, -0.05) is 35.9 Å². The van der Waals surface area contributed by atoms with Crippen molar-refractivity contribution in [3.05, 3.63) is 64.2 Å². The lowest BCUT2D eigenvalue weighted by Gasteiger charge is -2.20. The van der Waals surface area contributed by atoms with Crippen molar-refractivity contribution in [2.24, 2.45) is 5.73 Å². The molecule has 0 radical (unpaired) electrons. The van der Waals surface area contributed by atoms with Gasteiger partial charge in [-0.05, 0) is 48.7 Å². The Labute approximate surface area is 119 Å². The molecule has 0 aliphatic carbocycles. The number of halogens is 1. The summed E-state index contributed by atoms with van der Waals surface area (Å²) in [5, 5.41) is 4.25. The van der Waals surface area contributed by atoms with Gasteiger partial charge in [-0.2, -0.15) is 0 Å². The molecule has 0 aliphatic heterocycles. The molecule has 100 valence electrons. The Balaban J connectivity index is 2.23. The first-order valence-corrected chi connectivity index (χ1v) is 6.77. The quantitative estimate of drug-likeness (QED) is 0.882. The largest absolute Gasteiger partial charge is 0.377 e. The predicted molar refractivity (Wildman–Crippen MR) is 82.8 cm³/mol. The Morgan fingerprint density at radius 2 is 1.79 bits per heavy atom. The van der Waals surface area contributed by atoms with Gasteiger partial charge in [0.1, 0.15) is 0 Å². The topological polar surface area (TPSA) is 38.0 Å². The van der Waals surface area contributed by atoms with Crippen LogP contribution in [0.25, 0.3) is 0 Å². The van der Waals surface area contributed by atoms with Gasteiger partial charge in [0, 0.05) is 17.3 Å². The average molecular weight is 275 g/mol. The summed E-state index contributed by atoms with van der Waals surface area (Å²) < 4.78 is 0. The molecule has 2 aromatic carbocycles. The van der Waals surface area contributed by atoms with Crippen molar-refractivity contribution in [2.45, 2.75) is 19.9 Å². The third kappa shape index (κ3) is 3.49. The highest BCUT2D eigenvalue weighted by Crippen LogP contribution is 2.23. The van der Waals surface area contributed by atoms with Crippen LogP contribution in [0.2, 0.25) is 5.02 Å². The molecule has 2 nitrogen and oxygen atoms in total. The molecule has 19 heavy (non-hydrogen) atoms. The number of hydrogen-bond donors (Lipinski definition) is 2. The second-order valence-corrected chi connectivity index (χ2v) is 5.24. The fourth-order valence-electron chi connectivity index (χ4n) is 2.05. The summed E-state index contributed by atoms with van der Waals surface area (Å²) in [4.78, 5) is 0. The zero-order valence-corrected chi connectivity index (χ0v) is 12.0. The third-order valence-corrected chi connectivity index (χ3v) is 3.48. The lowest BCUT2D eigenvalue weighted by atomic mass is 10.0. The van der Waals surface area contributed by atoms with Crippen molar-refractivity contribution < 1.29 is 0 Å². The fourth-order valence-corrected chi connectivity index (χ4v) is 2.18. The molecule has 2 aromatic rings. The number of nitrogens with two attached hydrogens (primary N) is 1. The van der Waals surface area contributed by atoms with Crippen molar-refractivity contribution >= 4 is 17.3 Å². The van der Waals surface area contributed by atoms with E-state index in [0.29, 0.717) is 6.54 Å². The van der Waals surface area contributed by atoms with E-state index in [1.54, 1.807) is 0 Å². The van der Waals surface area contributed by atoms with Crippen molar-refractivity contribution in [3.63, 3.8) is 0 Å². The standard InChI is InChI=1S/C16H19ClN2/c1-11-3-4-12(2)15(9-11)19-16(10-18)13-5-7-14(17)8-6-13/h3-9,16,19H,10,18H2,1-2H3. The molecular weight excluding hydrogens is 256 g/mol. The van der Waals surface area contributed by atoms with Gasteiger partial charge < -0.3 is 11.1 Å². The molecule has 0 spiro atoms. The summed E-state index contributed by atoms with van der Waals surface area (Å²) in [6, 6.07) is 14.3. The van der Waals surface area contributed by atoms with E-state index in [1.807, 2.05) is 24.3 Å². The summed E-state index contributed by atoms with van der Waals surface area (Å²) >= 11 is 5.91. The van der Waals surface area contributed by atoms with Gasteiger partial charge in [0.25, 0.3) is 0 Å². The lowest BCUT2D eigenvalue weighted by Crippen LogP contribution is -2.21. The number of hydrogen-bond acceptors (Lipinski definition) is 2. The van der Waals surface area contributed by atoms with Crippen LogP contribution in [0.15, 0.2) is 42.5 Å². The Hall–Kier alpha value is -1.51. The molecule has 3 heteroatoms. The number of aryl methyl sites for hydroxylation is 2. The normalized spacial score (nSPS) is 12.2. The minimum atomic E-state index is 0.0952. The van der Waals surface area contributed by atoms with Gasteiger partial charge in [0.15, 0.2) is 0 Å². The maximum atomic E-state index is 5.91. The Morgan fingerprint density at radius 3 is 2.42 bits per heavy atom. The minimum Gasteiger partial charge on any atom is -0.377 e. The van der Waals surface area contributed by atoms with Crippen LogP contribution in [0.1, 0.15) is 22.7 Å². The van der Waals surface area contributed by atoms with Crippen LogP contribution < -0.4 is 11.1 Å². The van der Waals surface area contributed by atoms with E-state index in [2.05, 4.69) is 37.4 Å². The number of nitrogens with one attached hydrogen (secondary N) is 1. The fraction of sp³-hybridized carbons (Fsp3) is 0.250. The molecule has 2 rings (SSSR count). The van der Waals surface area contributed by atoms with E-state index < -0.39 is 0 Å². The molecule has 0 saturated carbocycles. The van der Waals surface area contributed by atoms with Gasteiger partial charge in [0.2, 0.25) is 0 Å². The van der Waals surface area contributed by atoms with E-state index in [4.69, 9.17) is 17.3 Å². The zero-order valence-electron chi connectivity index (χ0n) is 11.3. The molecule has 1 unspecified atom stereocenters. The second kappa shape index (κ2) is 6.09. The molecule has 0 aromatic heterocycles. The summed E-state index contributed by atoms with van der Waals surface area (Å²) in [5.74, 6) is 0. The Bertz CT molecular complexity index is 549. The van der Waals surface area contributed by atoms with Gasteiger partial charge in [-0.3, -0.25) is 0 Å². The summed E-state index contributed by atoms with van der Waals surface area (Å²) in [6.45, 7) is 4.72. The molecule has 0 bridgehead atoms. The van der Waals surface area contributed by atoms with Crippen LogP contribution in [0.5, 0.6) is 0 Å².